The van der Waals surface area contributed by atoms with Crippen molar-refractivity contribution >= 4 is 16.1 Å². The zero-order chi connectivity index (χ0) is 19.3. The topological polar surface area (TPSA) is 87.7 Å². The number of rotatable bonds is 7. The van der Waals surface area contributed by atoms with Gasteiger partial charge in [-0.05, 0) is 24.1 Å². The Balaban J connectivity index is 1.88. The fraction of sp³-hybridized carbons (Fsp3) is 0.533. The standard InChI is InChI=1S/C15H20F3N3O4S/c1-2-20-26(23,24)11-5-6-21(9-11)15(22)19-8-10-3-4-13(12(16)7-10)25-14(17)18/h3-4,7,11,14,20H,2,5-6,8-9H2,1H3,(H,19,22). The lowest BCUT2D eigenvalue weighted by atomic mass is 10.2. The van der Waals surface area contributed by atoms with Gasteiger partial charge < -0.3 is 15.0 Å². The van der Waals surface area contributed by atoms with Gasteiger partial charge in [-0.3, -0.25) is 0 Å². The van der Waals surface area contributed by atoms with Crippen molar-refractivity contribution in [1.82, 2.24) is 14.9 Å². The van der Waals surface area contributed by atoms with Gasteiger partial charge in [-0.2, -0.15) is 8.78 Å². The fourth-order valence-electron chi connectivity index (χ4n) is 2.62. The van der Waals surface area contributed by atoms with Gasteiger partial charge in [0, 0.05) is 26.2 Å². The summed E-state index contributed by atoms with van der Waals surface area (Å²) in [7, 11) is -3.46. The predicted molar refractivity (Wildman–Crippen MR) is 87.8 cm³/mol. The lowest BCUT2D eigenvalue weighted by Gasteiger charge is -2.18. The number of halogens is 3. The summed E-state index contributed by atoms with van der Waals surface area (Å²) in [5.41, 5.74) is 0.355. The third kappa shape index (κ3) is 5.24. The molecule has 0 saturated carbocycles. The summed E-state index contributed by atoms with van der Waals surface area (Å²) in [6, 6.07) is 2.91. The van der Waals surface area contributed by atoms with E-state index in [9.17, 15) is 26.4 Å². The van der Waals surface area contributed by atoms with E-state index >= 15 is 0 Å². The van der Waals surface area contributed by atoms with Crippen molar-refractivity contribution in [3.63, 3.8) is 0 Å². The average molecular weight is 395 g/mol. The van der Waals surface area contributed by atoms with E-state index in [0.717, 1.165) is 12.1 Å². The molecule has 1 aromatic carbocycles. The summed E-state index contributed by atoms with van der Waals surface area (Å²) in [6.07, 6.45) is 0.330. The first-order valence-electron chi connectivity index (χ1n) is 7.97. The molecule has 2 N–H and O–H groups in total. The molecule has 1 saturated heterocycles. The van der Waals surface area contributed by atoms with Crippen molar-refractivity contribution in [3.8, 4) is 5.75 Å². The molecule has 26 heavy (non-hydrogen) atoms. The van der Waals surface area contributed by atoms with Crippen molar-refractivity contribution in [2.24, 2.45) is 0 Å². The van der Waals surface area contributed by atoms with E-state index in [1.807, 2.05) is 0 Å². The first-order chi connectivity index (χ1) is 12.2. The molecular weight excluding hydrogens is 375 g/mol. The van der Waals surface area contributed by atoms with Crippen LogP contribution in [0.15, 0.2) is 18.2 Å². The van der Waals surface area contributed by atoms with Crippen LogP contribution in [0.1, 0.15) is 18.9 Å². The third-order valence-corrected chi connectivity index (χ3v) is 5.83. The zero-order valence-electron chi connectivity index (χ0n) is 14.0. The molecule has 11 heteroatoms. The number of ether oxygens (including phenoxy) is 1. The molecule has 1 fully saturated rings. The van der Waals surface area contributed by atoms with Gasteiger partial charge in [0.2, 0.25) is 10.0 Å². The summed E-state index contributed by atoms with van der Waals surface area (Å²) >= 11 is 0. The Morgan fingerprint density at radius 1 is 1.42 bits per heavy atom. The van der Waals surface area contributed by atoms with E-state index in [4.69, 9.17) is 0 Å². The molecule has 1 aliphatic heterocycles. The molecule has 7 nitrogen and oxygen atoms in total. The van der Waals surface area contributed by atoms with Crippen LogP contribution in [0.25, 0.3) is 0 Å². The second kappa shape index (κ2) is 8.58. The second-order valence-corrected chi connectivity index (χ2v) is 7.75. The van der Waals surface area contributed by atoms with E-state index in [2.05, 4.69) is 14.8 Å². The Morgan fingerprint density at radius 2 is 2.15 bits per heavy atom. The van der Waals surface area contributed by atoms with Gasteiger partial charge in [0.15, 0.2) is 11.6 Å². The summed E-state index contributed by atoms with van der Waals surface area (Å²) < 4.78 is 68.1. The second-order valence-electron chi connectivity index (χ2n) is 5.70. The fourth-order valence-corrected chi connectivity index (χ4v) is 4.05. The van der Waals surface area contributed by atoms with Gasteiger partial charge in [0.1, 0.15) is 0 Å². The number of carbonyl (C=O) groups excluding carboxylic acids is 1. The highest BCUT2D eigenvalue weighted by molar-refractivity contribution is 7.90. The van der Waals surface area contributed by atoms with Crippen LogP contribution in [0.5, 0.6) is 5.75 Å². The van der Waals surface area contributed by atoms with Crippen LogP contribution in [0.2, 0.25) is 0 Å². The molecule has 1 unspecified atom stereocenters. The number of hydrogen-bond acceptors (Lipinski definition) is 4. The van der Waals surface area contributed by atoms with Crippen LogP contribution in [0, 0.1) is 5.82 Å². The quantitative estimate of drug-likeness (QED) is 0.735. The molecule has 0 spiro atoms. The molecule has 1 heterocycles. The van der Waals surface area contributed by atoms with Gasteiger partial charge in [-0.15, -0.1) is 0 Å². The van der Waals surface area contributed by atoms with E-state index in [1.165, 1.54) is 11.0 Å². The highest BCUT2D eigenvalue weighted by Crippen LogP contribution is 2.21. The van der Waals surface area contributed by atoms with E-state index in [-0.39, 0.29) is 26.2 Å². The predicted octanol–water partition coefficient (Wildman–Crippen LogP) is 1.65. The van der Waals surface area contributed by atoms with Crippen molar-refractivity contribution in [3.05, 3.63) is 29.6 Å². The molecule has 0 aliphatic carbocycles. The van der Waals surface area contributed by atoms with Gasteiger partial charge in [0.05, 0.1) is 5.25 Å². The third-order valence-electron chi connectivity index (χ3n) is 3.87. The number of amides is 2. The Hall–Kier alpha value is -2.01. The lowest BCUT2D eigenvalue weighted by molar-refractivity contribution is -0.0522. The number of nitrogens with one attached hydrogen (secondary N) is 2. The van der Waals surface area contributed by atoms with E-state index < -0.39 is 39.5 Å². The largest absolute Gasteiger partial charge is 0.432 e. The molecule has 146 valence electrons. The Kier molecular flexibility index (Phi) is 6.70. The monoisotopic (exact) mass is 395 g/mol. The number of alkyl halides is 2. The minimum absolute atomic E-state index is 0.0359. The van der Waals surface area contributed by atoms with Crippen LogP contribution < -0.4 is 14.8 Å². The lowest BCUT2D eigenvalue weighted by Crippen LogP contribution is -2.41. The summed E-state index contributed by atoms with van der Waals surface area (Å²) in [4.78, 5) is 13.5. The normalized spacial score (nSPS) is 17.6. The van der Waals surface area contributed by atoms with Gasteiger partial charge in [0.25, 0.3) is 0 Å². The van der Waals surface area contributed by atoms with Gasteiger partial charge >= 0.3 is 12.6 Å². The molecule has 2 rings (SSSR count). The van der Waals surface area contributed by atoms with Crippen molar-refractivity contribution in [2.75, 3.05) is 19.6 Å². The molecule has 0 bridgehead atoms. The maximum atomic E-state index is 13.6. The maximum absolute atomic E-state index is 13.6. The van der Waals surface area contributed by atoms with E-state index in [0.29, 0.717) is 12.0 Å². The van der Waals surface area contributed by atoms with E-state index in [1.54, 1.807) is 6.92 Å². The highest BCUT2D eigenvalue weighted by Gasteiger charge is 2.34. The van der Waals surface area contributed by atoms with Crippen molar-refractivity contribution in [1.29, 1.82) is 0 Å². The molecule has 0 radical (unpaired) electrons. The molecule has 1 aromatic rings. The molecule has 1 aliphatic rings. The summed E-state index contributed by atoms with van der Waals surface area (Å²) in [6.45, 7) is -0.856. The summed E-state index contributed by atoms with van der Waals surface area (Å²) in [5, 5.41) is 1.88. The first-order valence-corrected chi connectivity index (χ1v) is 9.52. The number of nitrogens with zero attached hydrogens (tertiary/aromatic N) is 1. The Labute approximate surface area is 149 Å². The molecule has 1 atom stereocenters. The van der Waals surface area contributed by atoms with Gasteiger partial charge in [-0.1, -0.05) is 13.0 Å². The summed E-state index contributed by atoms with van der Waals surface area (Å²) in [5.74, 6) is -1.54. The number of sulfonamides is 1. The van der Waals surface area contributed by atoms with Crippen LogP contribution in [-0.4, -0.2) is 50.8 Å². The minimum atomic E-state index is -3.46. The molecular formula is C15H20F3N3O4S. The molecule has 0 aromatic heterocycles. The Bertz CT molecular complexity index is 746. The van der Waals surface area contributed by atoms with Crippen LogP contribution in [0.4, 0.5) is 18.0 Å². The maximum Gasteiger partial charge on any atom is 0.387 e. The number of benzene rings is 1. The van der Waals surface area contributed by atoms with Crippen molar-refractivity contribution < 1.29 is 31.1 Å². The Morgan fingerprint density at radius 3 is 2.77 bits per heavy atom. The first kappa shape index (κ1) is 20.3. The molecule has 2 amide bonds. The number of urea groups is 1. The number of likely N-dealkylation sites (tertiary alicyclic amines) is 1. The number of hydrogen-bond donors (Lipinski definition) is 2. The smallest absolute Gasteiger partial charge is 0.387 e. The highest BCUT2D eigenvalue weighted by atomic mass is 32.2. The SMILES string of the molecule is CCNS(=O)(=O)C1CCN(C(=O)NCc2ccc(OC(F)F)c(F)c2)C1. The van der Waals surface area contributed by atoms with Gasteiger partial charge in [-0.25, -0.2) is 22.3 Å². The van der Waals surface area contributed by atoms with Crippen LogP contribution in [-0.2, 0) is 16.6 Å². The van der Waals surface area contributed by atoms with Crippen molar-refractivity contribution in [2.45, 2.75) is 31.8 Å². The zero-order valence-corrected chi connectivity index (χ0v) is 14.9. The minimum Gasteiger partial charge on any atom is -0.432 e. The van der Waals surface area contributed by atoms with Crippen LogP contribution in [0.3, 0.4) is 0 Å². The average Bonchev–Trinajstić information content (AvgIpc) is 3.05. The van der Waals surface area contributed by atoms with Crippen LogP contribution >= 0.6 is 0 Å². The number of carbonyl (C=O) groups is 1.